The molecule has 2 aliphatic rings. The molecule has 1 N–H and O–H groups in total. The molecule has 1 unspecified atom stereocenters. The third-order valence-electron chi connectivity index (χ3n) is 7.02. The number of carbonyl (C=O) groups excluding carboxylic acids is 1. The highest BCUT2D eigenvalue weighted by Gasteiger charge is 2.58. The van der Waals surface area contributed by atoms with Gasteiger partial charge in [-0.15, -0.1) is 0 Å². The van der Waals surface area contributed by atoms with Crippen LogP contribution >= 0.6 is 0 Å². The molecule has 220 valence electrons. The van der Waals surface area contributed by atoms with Gasteiger partial charge in [0.05, 0.1) is 44.7 Å². The monoisotopic (exact) mass is 567 g/mol. The Balaban J connectivity index is 1.60. The van der Waals surface area contributed by atoms with Gasteiger partial charge in [-0.2, -0.15) is 13.2 Å². The van der Waals surface area contributed by atoms with Gasteiger partial charge in [0.2, 0.25) is 0 Å². The molecule has 2 fully saturated rings. The molecule has 2 aromatic carbocycles. The molecule has 1 aliphatic heterocycles. The minimum Gasteiger partial charge on any atom is -0.497 e. The van der Waals surface area contributed by atoms with Crippen LogP contribution in [-0.4, -0.2) is 63.0 Å². The van der Waals surface area contributed by atoms with Gasteiger partial charge in [-0.1, -0.05) is 24.3 Å². The summed E-state index contributed by atoms with van der Waals surface area (Å²) in [6.07, 6.45) is -5.95. The van der Waals surface area contributed by atoms with Crippen molar-refractivity contribution in [3.05, 3.63) is 65.2 Å². The number of carbonyl (C=O) groups is 1. The Labute approximate surface area is 232 Å². The zero-order valence-corrected chi connectivity index (χ0v) is 23.1. The van der Waals surface area contributed by atoms with Crippen molar-refractivity contribution in [1.29, 1.82) is 0 Å². The molecule has 1 amide bonds. The molecule has 1 heterocycles. The highest BCUT2D eigenvalue weighted by Crippen LogP contribution is 2.44. The zero-order valence-electron chi connectivity index (χ0n) is 23.1. The van der Waals surface area contributed by atoms with Gasteiger partial charge in [-0.25, -0.2) is 0 Å². The van der Waals surface area contributed by atoms with Gasteiger partial charge < -0.3 is 33.7 Å². The largest absolute Gasteiger partial charge is 0.497 e. The van der Waals surface area contributed by atoms with Crippen molar-refractivity contribution in [3.63, 3.8) is 0 Å². The fraction of sp³-hybridized carbons (Fsp3) is 0.552. The van der Waals surface area contributed by atoms with E-state index in [0.717, 1.165) is 17.7 Å². The summed E-state index contributed by atoms with van der Waals surface area (Å²) in [5, 5.41) is 2.88. The molecule has 1 saturated carbocycles. The number of benzene rings is 2. The van der Waals surface area contributed by atoms with Crippen molar-refractivity contribution >= 4 is 5.91 Å². The van der Waals surface area contributed by atoms with Crippen LogP contribution < -0.4 is 10.1 Å². The number of hydrogen-bond donors (Lipinski definition) is 1. The molecule has 2 aromatic rings. The van der Waals surface area contributed by atoms with E-state index >= 15 is 0 Å². The Kier molecular flexibility index (Phi) is 9.41. The number of nitrogens with one attached hydrogen (secondary N) is 1. The predicted octanol–water partition coefficient (Wildman–Crippen LogP) is 4.63. The first-order valence-electron chi connectivity index (χ1n) is 13.1. The minimum absolute atomic E-state index is 0.107. The first-order valence-corrected chi connectivity index (χ1v) is 13.1. The topological polar surface area (TPSA) is 84.5 Å². The fourth-order valence-corrected chi connectivity index (χ4v) is 5.16. The lowest BCUT2D eigenvalue weighted by Gasteiger charge is -2.43. The summed E-state index contributed by atoms with van der Waals surface area (Å²) in [7, 11) is 3.10. The lowest BCUT2D eigenvalue weighted by atomic mass is 9.78. The first kappa shape index (κ1) is 30.3. The van der Waals surface area contributed by atoms with E-state index in [1.807, 2.05) is 24.3 Å². The Morgan fingerprint density at radius 1 is 1.02 bits per heavy atom. The molecule has 0 spiro atoms. The van der Waals surface area contributed by atoms with Crippen LogP contribution in [0.5, 0.6) is 5.75 Å². The van der Waals surface area contributed by atoms with E-state index in [2.05, 4.69) is 5.32 Å². The van der Waals surface area contributed by atoms with Gasteiger partial charge in [0.25, 0.3) is 5.91 Å². The molecule has 1 saturated heterocycles. The normalized spacial score (nSPS) is 25.8. The van der Waals surface area contributed by atoms with Crippen LogP contribution in [0.2, 0.25) is 0 Å². The molecule has 4 atom stereocenters. The van der Waals surface area contributed by atoms with Crippen LogP contribution in [0.15, 0.2) is 48.5 Å². The second kappa shape index (κ2) is 12.4. The van der Waals surface area contributed by atoms with E-state index < -0.39 is 41.4 Å². The fourth-order valence-electron chi connectivity index (χ4n) is 5.16. The minimum atomic E-state index is -4.47. The number of alkyl halides is 3. The highest BCUT2D eigenvalue weighted by atomic mass is 19.4. The molecule has 0 aromatic heterocycles. The van der Waals surface area contributed by atoms with E-state index in [-0.39, 0.29) is 38.5 Å². The van der Waals surface area contributed by atoms with Gasteiger partial charge in [0.1, 0.15) is 11.9 Å². The summed E-state index contributed by atoms with van der Waals surface area (Å²) in [6, 6.07) is 12.3. The van der Waals surface area contributed by atoms with Crippen molar-refractivity contribution in [2.45, 2.75) is 75.8 Å². The average molecular weight is 568 g/mol. The lowest BCUT2D eigenvalue weighted by molar-refractivity contribution is -0.183. The summed E-state index contributed by atoms with van der Waals surface area (Å²) < 4.78 is 75.1. The summed E-state index contributed by atoms with van der Waals surface area (Å²) in [5.74, 6) is -0.644. The third-order valence-corrected chi connectivity index (χ3v) is 7.02. The van der Waals surface area contributed by atoms with Gasteiger partial charge in [0, 0.05) is 26.5 Å². The average Bonchev–Trinajstić information content (AvgIpc) is 3.24. The molecule has 40 heavy (non-hydrogen) atoms. The molecule has 11 heteroatoms. The summed E-state index contributed by atoms with van der Waals surface area (Å²) in [6.45, 7) is 4.12. The molecule has 4 rings (SSSR count). The highest BCUT2D eigenvalue weighted by molar-refractivity contribution is 5.85. The van der Waals surface area contributed by atoms with Gasteiger partial charge in [0.15, 0.2) is 11.4 Å². The SMILES string of the molecule is COCCNC(=O)[C@@]1(OCc2cccc(OC)c2)CC(OCc2cccc(C(F)(F)F)c2)[C@@H]2OC(C)(C)O[C@@H]2C1. The van der Waals surface area contributed by atoms with Gasteiger partial charge in [-0.05, 0) is 49.2 Å². The Hall–Kier alpha value is -2.70. The number of ether oxygens (including phenoxy) is 6. The predicted molar refractivity (Wildman–Crippen MR) is 138 cm³/mol. The summed E-state index contributed by atoms with van der Waals surface area (Å²) >= 11 is 0. The number of hydrogen-bond acceptors (Lipinski definition) is 7. The van der Waals surface area contributed by atoms with E-state index in [0.29, 0.717) is 17.9 Å². The standard InChI is InChI=1S/C29H36F3NO7/c1-27(2)39-24-16-28(26(34)33-11-12-35-3,38-18-20-8-6-10-22(14-20)36-4)15-23(25(24)40-27)37-17-19-7-5-9-21(13-19)29(30,31)32/h5-10,13-14,23-25H,11-12,15-18H2,1-4H3,(H,33,34)/t23?,24-,25+,28-/m1/s1. The van der Waals surface area contributed by atoms with Crippen LogP contribution in [0, 0.1) is 0 Å². The molecule has 0 radical (unpaired) electrons. The molecule has 0 bridgehead atoms. The van der Waals surface area contributed by atoms with Gasteiger partial charge >= 0.3 is 6.18 Å². The van der Waals surface area contributed by atoms with Crippen LogP contribution in [0.25, 0.3) is 0 Å². The maximum absolute atomic E-state index is 13.7. The molecular formula is C29H36F3NO7. The van der Waals surface area contributed by atoms with E-state index in [1.165, 1.54) is 13.2 Å². The second-order valence-corrected chi connectivity index (χ2v) is 10.5. The van der Waals surface area contributed by atoms with Crippen molar-refractivity contribution in [3.8, 4) is 5.75 Å². The number of amides is 1. The number of rotatable bonds is 11. The summed E-state index contributed by atoms with van der Waals surface area (Å²) in [4.78, 5) is 13.7. The molecule has 1 aliphatic carbocycles. The second-order valence-electron chi connectivity index (χ2n) is 10.5. The Bertz CT molecular complexity index is 1160. The van der Waals surface area contributed by atoms with Gasteiger partial charge in [-0.3, -0.25) is 4.79 Å². The van der Waals surface area contributed by atoms with E-state index in [4.69, 9.17) is 28.4 Å². The van der Waals surface area contributed by atoms with Crippen LogP contribution in [0.4, 0.5) is 13.2 Å². The number of methoxy groups -OCH3 is 2. The number of fused-ring (bicyclic) bond motifs is 1. The van der Waals surface area contributed by atoms with E-state index in [9.17, 15) is 18.0 Å². The first-order chi connectivity index (χ1) is 18.9. The van der Waals surface area contributed by atoms with Crippen LogP contribution in [0.3, 0.4) is 0 Å². The molecular weight excluding hydrogens is 531 g/mol. The third kappa shape index (κ3) is 7.32. The van der Waals surface area contributed by atoms with Crippen molar-refractivity contribution in [2.75, 3.05) is 27.4 Å². The van der Waals surface area contributed by atoms with Crippen LogP contribution in [-0.2, 0) is 47.9 Å². The molecule has 8 nitrogen and oxygen atoms in total. The quantitative estimate of drug-likeness (QED) is 0.397. The zero-order chi connectivity index (χ0) is 29.0. The Morgan fingerprint density at radius 3 is 2.45 bits per heavy atom. The smallest absolute Gasteiger partial charge is 0.416 e. The van der Waals surface area contributed by atoms with Crippen molar-refractivity contribution in [2.24, 2.45) is 0 Å². The maximum Gasteiger partial charge on any atom is 0.416 e. The maximum atomic E-state index is 13.7. The van der Waals surface area contributed by atoms with Crippen molar-refractivity contribution in [1.82, 2.24) is 5.32 Å². The van der Waals surface area contributed by atoms with Crippen LogP contribution in [0.1, 0.15) is 43.4 Å². The lowest BCUT2D eigenvalue weighted by Crippen LogP contribution is -2.60. The van der Waals surface area contributed by atoms with Crippen molar-refractivity contribution < 1.29 is 46.4 Å². The summed E-state index contributed by atoms with van der Waals surface area (Å²) in [5.41, 5.74) is -0.969. The Morgan fingerprint density at radius 2 is 1.75 bits per heavy atom. The van der Waals surface area contributed by atoms with E-state index in [1.54, 1.807) is 27.0 Å². The number of halogens is 3.